The molecule has 3 aliphatic rings. The molecule has 2 saturated heterocycles. The zero-order valence-electron chi connectivity index (χ0n) is 23.2. The first kappa shape index (κ1) is 27.0. The average molecular weight is 549 g/mol. The van der Waals surface area contributed by atoms with Crippen molar-refractivity contribution in [3.8, 4) is 11.1 Å². The van der Waals surface area contributed by atoms with E-state index in [0.717, 1.165) is 86.4 Å². The second kappa shape index (κ2) is 12.1. The summed E-state index contributed by atoms with van der Waals surface area (Å²) in [5, 5.41) is 25.2. The number of anilines is 2. The predicted octanol–water partition coefficient (Wildman–Crippen LogP) is 3.63. The van der Waals surface area contributed by atoms with E-state index in [1.54, 1.807) is 0 Å². The minimum Gasteiger partial charge on any atom is -0.394 e. The van der Waals surface area contributed by atoms with Gasteiger partial charge in [-0.05, 0) is 74.5 Å². The Labute approximate surface area is 234 Å². The zero-order valence-corrected chi connectivity index (χ0v) is 23.2. The van der Waals surface area contributed by atoms with Gasteiger partial charge in [-0.2, -0.15) is 9.61 Å². The van der Waals surface area contributed by atoms with Crippen molar-refractivity contribution in [1.82, 2.24) is 19.9 Å². The van der Waals surface area contributed by atoms with Crippen molar-refractivity contribution in [3.63, 3.8) is 0 Å². The number of ether oxygens (including phenoxy) is 2. The fraction of sp³-hybridized carbons (Fsp3) is 0.567. The lowest BCUT2D eigenvalue weighted by molar-refractivity contribution is 0.0533. The molecule has 1 amide bonds. The highest BCUT2D eigenvalue weighted by atomic mass is 16.5. The number of nitrogens with zero attached hydrogens (tertiary/aromatic N) is 3. The van der Waals surface area contributed by atoms with Gasteiger partial charge in [-0.1, -0.05) is 12.1 Å². The van der Waals surface area contributed by atoms with Crippen molar-refractivity contribution >= 4 is 23.2 Å². The van der Waals surface area contributed by atoms with Crippen LogP contribution in [0.25, 0.3) is 16.8 Å². The topological polar surface area (TPSA) is 122 Å². The molecule has 3 fully saturated rings. The van der Waals surface area contributed by atoms with E-state index >= 15 is 0 Å². The van der Waals surface area contributed by atoms with Crippen LogP contribution in [0.3, 0.4) is 0 Å². The number of carbonyl (C=O) groups is 1. The monoisotopic (exact) mass is 548 g/mol. The number of hydrogen-bond acceptors (Lipinski definition) is 8. The summed E-state index contributed by atoms with van der Waals surface area (Å²) in [5.41, 5.74) is 4.18. The van der Waals surface area contributed by atoms with E-state index in [4.69, 9.17) is 19.6 Å². The van der Waals surface area contributed by atoms with E-state index in [-0.39, 0.29) is 18.6 Å². The summed E-state index contributed by atoms with van der Waals surface area (Å²) in [4.78, 5) is 17.7. The third kappa shape index (κ3) is 6.09. The second-order valence-electron chi connectivity index (χ2n) is 11.4. The van der Waals surface area contributed by atoms with Gasteiger partial charge in [-0.25, -0.2) is 4.98 Å². The number of hydrogen-bond donors (Lipinski definition) is 4. The van der Waals surface area contributed by atoms with Crippen LogP contribution in [-0.4, -0.2) is 77.3 Å². The van der Waals surface area contributed by atoms with E-state index in [0.29, 0.717) is 42.5 Å². The predicted molar refractivity (Wildman–Crippen MR) is 154 cm³/mol. The third-order valence-corrected chi connectivity index (χ3v) is 8.44. The lowest BCUT2D eigenvalue weighted by atomic mass is 9.92. The molecule has 4 heterocycles. The van der Waals surface area contributed by atoms with Gasteiger partial charge in [-0.15, -0.1) is 0 Å². The van der Waals surface area contributed by atoms with Gasteiger partial charge in [0.25, 0.3) is 5.91 Å². The van der Waals surface area contributed by atoms with Gasteiger partial charge >= 0.3 is 0 Å². The lowest BCUT2D eigenvalue weighted by Crippen LogP contribution is -2.36. The van der Waals surface area contributed by atoms with E-state index in [2.05, 4.69) is 16.0 Å². The average Bonchev–Trinajstić information content (AvgIpc) is 3.70. The first-order valence-corrected chi connectivity index (χ1v) is 14.7. The molecule has 1 saturated carbocycles. The molecule has 6 rings (SSSR count). The largest absolute Gasteiger partial charge is 0.394 e. The molecule has 10 nitrogen and oxygen atoms in total. The standard InChI is InChI=1S/C30H40N6O4/c1-19-14-22(2-5-24(19)30(38)33-23-3-4-23)25-17-32-36-28(31-16-20-6-10-39-11-7-20)15-27(35-29(25)36)34-26(18-37)21-8-12-40-13-9-21/h2,5,14-15,17,20-21,23,26,31,37H,3-4,6-13,16,18H2,1H3,(H,33,38)(H,34,35). The number of carbonyl (C=O) groups excluding carboxylic acids is 1. The van der Waals surface area contributed by atoms with Gasteiger partial charge in [0.15, 0.2) is 5.65 Å². The quantitative estimate of drug-likeness (QED) is 0.303. The molecule has 0 bridgehead atoms. The van der Waals surface area contributed by atoms with Crippen LogP contribution in [0.2, 0.25) is 0 Å². The van der Waals surface area contributed by atoms with E-state index in [9.17, 15) is 9.90 Å². The number of rotatable bonds is 10. The van der Waals surface area contributed by atoms with E-state index in [1.807, 2.05) is 41.9 Å². The molecule has 0 spiro atoms. The first-order chi connectivity index (χ1) is 19.6. The molecule has 1 aliphatic carbocycles. The summed E-state index contributed by atoms with van der Waals surface area (Å²) in [6.07, 6.45) is 7.85. The van der Waals surface area contributed by atoms with Crippen LogP contribution in [0, 0.1) is 18.8 Å². The second-order valence-corrected chi connectivity index (χ2v) is 11.4. The fourth-order valence-corrected chi connectivity index (χ4v) is 5.76. The highest BCUT2D eigenvalue weighted by Crippen LogP contribution is 2.30. The Morgan fingerprint density at radius 1 is 1.07 bits per heavy atom. The Bertz CT molecular complexity index is 1330. The SMILES string of the molecule is Cc1cc(-c2cnn3c(NCC4CCOCC4)cc(NC(CO)C4CCOCC4)nc23)ccc1C(=O)NC1CC1. The Morgan fingerprint density at radius 3 is 2.52 bits per heavy atom. The summed E-state index contributed by atoms with van der Waals surface area (Å²) in [6.45, 7) is 5.85. The molecule has 2 aromatic heterocycles. The van der Waals surface area contributed by atoms with Gasteiger partial charge in [0.1, 0.15) is 11.6 Å². The van der Waals surface area contributed by atoms with Crippen molar-refractivity contribution in [2.24, 2.45) is 11.8 Å². The Balaban J connectivity index is 1.31. The van der Waals surface area contributed by atoms with E-state index in [1.165, 1.54) is 0 Å². The molecule has 1 unspecified atom stereocenters. The molecule has 40 heavy (non-hydrogen) atoms. The molecule has 1 aromatic carbocycles. The minimum absolute atomic E-state index is 0.0150. The van der Waals surface area contributed by atoms with Crippen LogP contribution in [0.4, 0.5) is 11.6 Å². The van der Waals surface area contributed by atoms with Crippen LogP contribution in [0.5, 0.6) is 0 Å². The lowest BCUT2D eigenvalue weighted by Gasteiger charge is -2.30. The maximum absolute atomic E-state index is 12.7. The number of aryl methyl sites for hydroxylation is 1. The maximum Gasteiger partial charge on any atom is 0.251 e. The highest BCUT2D eigenvalue weighted by Gasteiger charge is 2.26. The highest BCUT2D eigenvalue weighted by molar-refractivity contribution is 5.97. The first-order valence-electron chi connectivity index (χ1n) is 14.7. The summed E-state index contributed by atoms with van der Waals surface area (Å²) in [6, 6.07) is 8.10. The fourth-order valence-electron chi connectivity index (χ4n) is 5.76. The Morgan fingerprint density at radius 2 is 1.82 bits per heavy atom. The summed E-state index contributed by atoms with van der Waals surface area (Å²) >= 11 is 0. The normalized spacial score (nSPS) is 19.4. The van der Waals surface area contributed by atoms with Crippen molar-refractivity contribution < 1.29 is 19.4 Å². The minimum atomic E-state index is -0.111. The van der Waals surface area contributed by atoms with Crippen LogP contribution in [0.15, 0.2) is 30.5 Å². The van der Waals surface area contributed by atoms with Crippen LogP contribution >= 0.6 is 0 Å². The number of nitrogens with one attached hydrogen (secondary N) is 3. The van der Waals surface area contributed by atoms with Crippen molar-refractivity contribution in [2.45, 2.75) is 57.5 Å². The molecule has 2 aliphatic heterocycles. The number of aromatic nitrogens is 3. The number of fused-ring (bicyclic) bond motifs is 1. The molecule has 0 radical (unpaired) electrons. The van der Waals surface area contributed by atoms with Gasteiger partial charge in [-0.3, -0.25) is 4.79 Å². The Kier molecular flexibility index (Phi) is 8.17. The maximum atomic E-state index is 12.7. The molecule has 10 heteroatoms. The summed E-state index contributed by atoms with van der Waals surface area (Å²) in [5.74, 6) is 2.39. The van der Waals surface area contributed by atoms with Crippen molar-refractivity contribution in [1.29, 1.82) is 0 Å². The summed E-state index contributed by atoms with van der Waals surface area (Å²) in [7, 11) is 0. The number of benzene rings is 1. The molecule has 214 valence electrons. The van der Waals surface area contributed by atoms with Crippen LogP contribution in [0.1, 0.15) is 54.4 Å². The number of aliphatic hydroxyl groups is 1. The molecular weight excluding hydrogens is 508 g/mol. The van der Waals surface area contributed by atoms with E-state index < -0.39 is 0 Å². The molecule has 4 N–H and O–H groups in total. The van der Waals surface area contributed by atoms with Gasteiger partial charge in [0.05, 0.1) is 18.8 Å². The number of aliphatic hydroxyl groups excluding tert-OH is 1. The molecule has 1 atom stereocenters. The molecule has 3 aromatic rings. The Hall–Kier alpha value is -3.21. The third-order valence-electron chi connectivity index (χ3n) is 8.44. The smallest absolute Gasteiger partial charge is 0.251 e. The number of amides is 1. The van der Waals surface area contributed by atoms with Gasteiger partial charge in [0.2, 0.25) is 0 Å². The van der Waals surface area contributed by atoms with Crippen LogP contribution < -0.4 is 16.0 Å². The van der Waals surface area contributed by atoms with Gasteiger partial charge in [0, 0.05) is 56.2 Å². The molecular formula is C30H40N6O4. The van der Waals surface area contributed by atoms with Crippen molar-refractivity contribution in [2.75, 3.05) is 50.2 Å². The van der Waals surface area contributed by atoms with Crippen molar-refractivity contribution in [3.05, 3.63) is 41.6 Å². The zero-order chi connectivity index (χ0) is 27.5. The van der Waals surface area contributed by atoms with Gasteiger partial charge < -0.3 is 30.5 Å². The van der Waals surface area contributed by atoms with Crippen LogP contribution in [-0.2, 0) is 9.47 Å². The summed E-state index contributed by atoms with van der Waals surface area (Å²) < 4.78 is 12.9.